The van der Waals surface area contributed by atoms with Gasteiger partial charge in [0.2, 0.25) is 0 Å². The Labute approximate surface area is 128 Å². The zero-order valence-corrected chi connectivity index (χ0v) is 13.5. The lowest BCUT2D eigenvalue weighted by molar-refractivity contribution is 0.0875. The molecule has 1 heterocycles. The van der Waals surface area contributed by atoms with Gasteiger partial charge in [-0.3, -0.25) is 4.90 Å². The van der Waals surface area contributed by atoms with Crippen LogP contribution >= 0.6 is 0 Å². The fourth-order valence-electron chi connectivity index (χ4n) is 2.95. The van der Waals surface area contributed by atoms with Crippen LogP contribution in [-0.4, -0.2) is 55.6 Å². The lowest BCUT2D eigenvalue weighted by Gasteiger charge is -2.40. The molecule has 0 bridgehead atoms. The number of rotatable bonds is 6. The number of hydrogen-bond acceptors (Lipinski definition) is 3. The Balaban J connectivity index is 1.83. The summed E-state index contributed by atoms with van der Waals surface area (Å²) in [5.41, 5.74) is 1.01. The molecule has 21 heavy (non-hydrogen) atoms. The number of piperazine rings is 1. The standard InChI is InChI=1S/C17H28FN3/c1-14(2)17(21-9-7-20(3)8-10-21)13-19-12-15-5-4-6-16(18)11-15/h4-6,11,14,17,19H,7-10,12-13H2,1-3H3. The molecule has 1 unspecified atom stereocenters. The van der Waals surface area contributed by atoms with Crippen LogP contribution in [0, 0.1) is 11.7 Å². The van der Waals surface area contributed by atoms with Crippen LogP contribution in [0.25, 0.3) is 0 Å². The second-order valence-corrected chi connectivity index (χ2v) is 6.41. The van der Waals surface area contributed by atoms with Crippen molar-refractivity contribution in [3.8, 4) is 0 Å². The first-order chi connectivity index (χ1) is 10.1. The van der Waals surface area contributed by atoms with Gasteiger partial charge in [-0.2, -0.15) is 0 Å². The Bertz CT molecular complexity index is 428. The van der Waals surface area contributed by atoms with E-state index in [2.05, 4.69) is 36.0 Å². The largest absolute Gasteiger partial charge is 0.311 e. The van der Waals surface area contributed by atoms with Gasteiger partial charge in [0.25, 0.3) is 0 Å². The van der Waals surface area contributed by atoms with E-state index in [1.54, 1.807) is 12.1 Å². The molecule has 2 rings (SSSR count). The summed E-state index contributed by atoms with van der Waals surface area (Å²) in [5, 5.41) is 3.50. The highest BCUT2D eigenvalue weighted by Gasteiger charge is 2.24. The average molecular weight is 293 g/mol. The predicted octanol–water partition coefficient (Wildman–Crippen LogP) is 2.19. The van der Waals surface area contributed by atoms with E-state index in [0.717, 1.165) is 44.8 Å². The van der Waals surface area contributed by atoms with E-state index in [0.29, 0.717) is 12.0 Å². The third kappa shape index (κ3) is 5.06. The summed E-state index contributed by atoms with van der Waals surface area (Å²) < 4.78 is 13.2. The van der Waals surface area contributed by atoms with Gasteiger partial charge in [0, 0.05) is 45.3 Å². The van der Waals surface area contributed by atoms with Gasteiger partial charge in [-0.05, 0) is 30.7 Å². The van der Waals surface area contributed by atoms with Crippen molar-refractivity contribution in [3.05, 3.63) is 35.6 Å². The maximum atomic E-state index is 13.2. The molecule has 1 fully saturated rings. The molecule has 1 aliphatic heterocycles. The SMILES string of the molecule is CC(C)C(CNCc1cccc(F)c1)N1CCN(C)CC1. The van der Waals surface area contributed by atoms with Gasteiger partial charge >= 0.3 is 0 Å². The fourth-order valence-corrected chi connectivity index (χ4v) is 2.95. The van der Waals surface area contributed by atoms with Crippen molar-refractivity contribution in [2.75, 3.05) is 39.8 Å². The molecule has 1 aromatic rings. The molecule has 0 aromatic heterocycles. The Kier molecular flexibility index (Phi) is 6.15. The van der Waals surface area contributed by atoms with Crippen LogP contribution in [-0.2, 0) is 6.54 Å². The molecule has 3 nitrogen and oxygen atoms in total. The van der Waals surface area contributed by atoms with Crippen LogP contribution in [0.4, 0.5) is 4.39 Å². The van der Waals surface area contributed by atoms with Gasteiger partial charge in [0.1, 0.15) is 5.82 Å². The van der Waals surface area contributed by atoms with Gasteiger partial charge in [0.05, 0.1) is 0 Å². The summed E-state index contributed by atoms with van der Waals surface area (Å²) in [6.45, 7) is 10.8. The Morgan fingerprint density at radius 3 is 2.52 bits per heavy atom. The van der Waals surface area contributed by atoms with Crippen LogP contribution in [0.2, 0.25) is 0 Å². The molecule has 0 amide bonds. The normalized spacial score (nSPS) is 19.1. The predicted molar refractivity (Wildman–Crippen MR) is 85.8 cm³/mol. The molecule has 4 heteroatoms. The average Bonchev–Trinajstić information content (AvgIpc) is 2.45. The van der Waals surface area contributed by atoms with Gasteiger partial charge in [-0.1, -0.05) is 26.0 Å². The minimum Gasteiger partial charge on any atom is -0.311 e. The molecule has 1 aromatic carbocycles. The van der Waals surface area contributed by atoms with Crippen molar-refractivity contribution < 1.29 is 4.39 Å². The van der Waals surface area contributed by atoms with Crippen molar-refractivity contribution in [3.63, 3.8) is 0 Å². The quantitative estimate of drug-likeness (QED) is 0.867. The van der Waals surface area contributed by atoms with E-state index in [1.165, 1.54) is 6.07 Å². The number of benzene rings is 1. The third-order valence-corrected chi connectivity index (χ3v) is 4.35. The summed E-state index contributed by atoms with van der Waals surface area (Å²) >= 11 is 0. The smallest absolute Gasteiger partial charge is 0.123 e. The number of nitrogens with zero attached hydrogens (tertiary/aromatic N) is 2. The molecule has 0 aliphatic carbocycles. The highest BCUT2D eigenvalue weighted by atomic mass is 19.1. The van der Waals surface area contributed by atoms with E-state index in [9.17, 15) is 4.39 Å². The molecule has 0 radical (unpaired) electrons. The summed E-state index contributed by atoms with van der Waals surface area (Å²) in [6.07, 6.45) is 0. The second-order valence-electron chi connectivity index (χ2n) is 6.41. The van der Waals surface area contributed by atoms with Gasteiger partial charge in [-0.15, -0.1) is 0 Å². The van der Waals surface area contributed by atoms with Crippen LogP contribution in [0.15, 0.2) is 24.3 Å². The number of hydrogen-bond donors (Lipinski definition) is 1. The first-order valence-corrected chi connectivity index (χ1v) is 7.94. The Morgan fingerprint density at radius 1 is 1.19 bits per heavy atom. The summed E-state index contributed by atoms with van der Waals surface area (Å²) in [4.78, 5) is 4.97. The minimum atomic E-state index is -0.159. The Hall–Kier alpha value is -0.970. The first-order valence-electron chi connectivity index (χ1n) is 7.94. The van der Waals surface area contributed by atoms with Crippen molar-refractivity contribution in [1.29, 1.82) is 0 Å². The monoisotopic (exact) mass is 293 g/mol. The summed E-state index contributed by atoms with van der Waals surface area (Å²) in [6, 6.07) is 7.38. The maximum Gasteiger partial charge on any atom is 0.123 e. The van der Waals surface area contributed by atoms with Crippen LogP contribution in [0.5, 0.6) is 0 Å². The van der Waals surface area contributed by atoms with E-state index in [4.69, 9.17) is 0 Å². The lowest BCUT2D eigenvalue weighted by atomic mass is 10.0. The van der Waals surface area contributed by atoms with Crippen molar-refractivity contribution in [2.45, 2.75) is 26.4 Å². The Morgan fingerprint density at radius 2 is 1.90 bits per heavy atom. The third-order valence-electron chi connectivity index (χ3n) is 4.35. The fraction of sp³-hybridized carbons (Fsp3) is 0.647. The molecule has 0 saturated carbocycles. The van der Waals surface area contributed by atoms with Crippen molar-refractivity contribution in [1.82, 2.24) is 15.1 Å². The molecule has 118 valence electrons. The van der Waals surface area contributed by atoms with E-state index < -0.39 is 0 Å². The molecule has 1 saturated heterocycles. The maximum absolute atomic E-state index is 13.2. The molecule has 1 N–H and O–H groups in total. The first kappa shape index (κ1) is 16.4. The number of nitrogens with one attached hydrogen (secondary N) is 1. The zero-order chi connectivity index (χ0) is 15.2. The molecule has 1 aliphatic rings. The van der Waals surface area contributed by atoms with E-state index in [-0.39, 0.29) is 5.82 Å². The zero-order valence-electron chi connectivity index (χ0n) is 13.5. The van der Waals surface area contributed by atoms with Gasteiger partial charge in [-0.25, -0.2) is 4.39 Å². The van der Waals surface area contributed by atoms with Crippen molar-refractivity contribution >= 4 is 0 Å². The van der Waals surface area contributed by atoms with Crippen LogP contribution < -0.4 is 5.32 Å². The second kappa shape index (κ2) is 7.87. The number of likely N-dealkylation sites (N-methyl/N-ethyl adjacent to an activating group) is 1. The molecular weight excluding hydrogens is 265 g/mol. The van der Waals surface area contributed by atoms with E-state index >= 15 is 0 Å². The van der Waals surface area contributed by atoms with Crippen molar-refractivity contribution in [2.24, 2.45) is 5.92 Å². The van der Waals surface area contributed by atoms with Crippen LogP contribution in [0.3, 0.4) is 0 Å². The highest BCUT2D eigenvalue weighted by Crippen LogP contribution is 2.13. The number of halogens is 1. The molecular formula is C17H28FN3. The summed E-state index contributed by atoms with van der Waals surface area (Å²) in [7, 11) is 2.18. The molecule has 1 atom stereocenters. The van der Waals surface area contributed by atoms with Crippen LogP contribution in [0.1, 0.15) is 19.4 Å². The topological polar surface area (TPSA) is 18.5 Å². The van der Waals surface area contributed by atoms with E-state index in [1.807, 2.05) is 6.07 Å². The lowest BCUT2D eigenvalue weighted by Crippen LogP contribution is -2.53. The highest BCUT2D eigenvalue weighted by molar-refractivity contribution is 5.15. The summed E-state index contributed by atoms with van der Waals surface area (Å²) in [5.74, 6) is 0.460. The van der Waals surface area contributed by atoms with Gasteiger partial charge < -0.3 is 10.2 Å². The van der Waals surface area contributed by atoms with Gasteiger partial charge in [0.15, 0.2) is 0 Å². The molecule has 0 spiro atoms. The minimum absolute atomic E-state index is 0.159.